The second-order valence-electron chi connectivity index (χ2n) is 4.43. The fraction of sp³-hybridized carbons (Fsp3) is 0.538. The summed E-state index contributed by atoms with van der Waals surface area (Å²) in [6.07, 6.45) is -0.295. The van der Waals surface area contributed by atoms with Crippen molar-refractivity contribution in [2.24, 2.45) is 11.5 Å². The van der Waals surface area contributed by atoms with Crippen LogP contribution in [0, 0.1) is 13.8 Å². The molecule has 18 heavy (non-hydrogen) atoms. The summed E-state index contributed by atoms with van der Waals surface area (Å²) in [6.45, 7) is 4.18. The number of aryl methyl sites for hydroxylation is 1. The van der Waals surface area contributed by atoms with Crippen LogP contribution in [0.2, 0.25) is 5.02 Å². The van der Waals surface area contributed by atoms with Crippen molar-refractivity contribution in [3.8, 4) is 5.75 Å². The smallest absolute Gasteiger partial charge is 0.125 e. The molecule has 1 aromatic rings. The summed E-state index contributed by atoms with van der Waals surface area (Å²) in [4.78, 5) is 0. The molecule has 0 bridgehead atoms. The number of aliphatic hydroxyl groups excluding tert-OH is 1. The van der Waals surface area contributed by atoms with Crippen LogP contribution in [0.25, 0.3) is 0 Å². The molecule has 0 spiro atoms. The Morgan fingerprint density at radius 2 is 2.06 bits per heavy atom. The topological polar surface area (TPSA) is 81.5 Å². The second-order valence-corrected chi connectivity index (χ2v) is 4.81. The number of nitrogens with two attached hydrogens (primary N) is 2. The van der Waals surface area contributed by atoms with E-state index in [9.17, 15) is 5.11 Å². The van der Waals surface area contributed by atoms with Gasteiger partial charge in [-0.25, -0.2) is 0 Å². The summed E-state index contributed by atoms with van der Waals surface area (Å²) >= 11 is 6.21. The fourth-order valence-corrected chi connectivity index (χ4v) is 2.19. The summed E-state index contributed by atoms with van der Waals surface area (Å²) in [6, 6.07) is 1.38. The molecule has 4 nitrogen and oxygen atoms in total. The van der Waals surface area contributed by atoms with Crippen molar-refractivity contribution in [1.82, 2.24) is 0 Å². The molecule has 0 aliphatic carbocycles. The minimum absolute atomic E-state index is 0.429. The van der Waals surface area contributed by atoms with Crippen LogP contribution in [0.1, 0.15) is 29.2 Å². The lowest BCUT2D eigenvalue weighted by Gasteiger charge is -2.24. The third kappa shape index (κ3) is 2.95. The van der Waals surface area contributed by atoms with E-state index < -0.39 is 12.1 Å². The van der Waals surface area contributed by atoms with Crippen molar-refractivity contribution < 1.29 is 9.84 Å². The van der Waals surface area contributed by atoms with E-state index in [4.69, 9.17) is 27.8 Å². The van der Waals surface area contributed by atoms with Crippen LogP contribution < -0.4 is 16.2 Å². The molecule has 5 heteroatoms. The van der Waals surface area contributed by atoms with Gasteiger partial charge in [-0.3, -0.25) is 0 Å². The normalized spacial score (nSPS) is 14.4. The molecule has 0 aliphatic heterocycles. The SMILES string of the molecule is COc1cc(C)c(Cl)c(C)c1C(O)C(N)CCN. The van der Waals surface area contributed by atoms with Gasteiger partial charge in [-0.05, 0) is 44.0 Å². The molecule has 0 saturated heterocycles. The van der Waals surface area contributed by atoms with E-state index >= 15 is 0 Å². The first kappa shape index (κ1) is 15.2. The van der Waals surface area contributed by atoms with Crippen LogP contribution in [0.15, 0.2) is 6.07 Å². The largest absolute Gasteiger partial charge is 0.496 e. The van der Waals surface area contributed by atoms with Crippen molar-refractivity contribution in [2.75, 3.05) is 13.7 Å². The number of rotatable bonds is 5. The zero-order valence-corrected chi connectivity index (χ0v) is 11.8. The van der Waals surface area contributed by atoms with Gasteiger partial charge in [0.1, 0.15) is 5.75 Å². The quantitative estimate of drug-likeness (QED) is 0.762. The second kappa shape index (κ2) is 6.38. The maximum atomic E-state index is 10.3. The number of benzene rings is 1. The molecule has 1 rings (SSSR count). The average Bonchev–Trinajstić information content (AvgIpc) is 2.35. The standard InChI is InChI=1S/C13H21ClN2O2/c1-7-6-10(18-3)11(8(2)12(7)14)13(17)9(16)4-5-15/h6,9,13,17H,4-5,15-16H2,1-3H3. The monoisotopic (exact) mass is 272 g/mol. The first-order valence-electron chi connectivity index (χ1n) is 5.91. The number of hydrogen-bond donors (Lipinski definition) is 3. The third-order valence-corrected chi connectivity index (χ3v) is 3.70. The highest BCUT2D eigenvalue weighted by Gasteiger charge is 2.24. The molecular weight excluding hydrogens is 252 g/mol. The van der Waals surface area contributed by atoms with Crippen LogP contribution >= 0.6 is 11.6 Å². The lowest BCUT2D eigenvalue weighted by molar-refractivity contribution is 0.139. The molecule has 0 aromatic heterocycles. The van der Waals surface area contributed by atoms with Gasteiger partial charge in [0.05, 0.1) is 13.2 Å². The number of ether oxygens (including phenoxy) is 1. The number of methoxy groups -OCH3 is 1. The van der Waals surface area contributed by atoms with Crippen LogP contribution in [-0.4, -0.2) is 24.8 Å². The molecule has 0 fully saturated rings. The Hall–Kier alpha value is -0.810. The van der Waals surface area contributed by atoms with Gasteiger partial charge in [-0.1, -0.05) is 11.6 Å². The predicted octanol–water partition coefficient (Wildman–Crippen LogP) is 1.67. The van der Waals surface area contributed by atoms with E-state index in [-0.39, 0.29) is 0 Å². The Morgan fingerprint density at radius 1 is 1.44 bits per heavy atom. The van der Waals surface area contributed by atoms with Gasteiger partial charge in [0.2, 0.25) is 0 Å². The zero-order valence-electron chi connectivity index (χ0n) is 11.0. The highest BCUT2D eigenvalue weighted by molar-refractivity contribution is 6.32. The summed E-state index contributed by atoms with van der Waals surface area (Å²) < 4.78 is 5.31. The Labute approximate surface area is 113 Å². The first-order valence-corrected chi connectivity index (χ1v) is 6.29. The predicted molar refractivity (Wildman–Crippen MR) is 74.1 cm³/mol. The molecule has 0 heterocycles. The zero-order chi connectivity index (χ0) is 13.9. The Bertz CT molecular complexity index is 424. The highest BCUT2D eigenvalue weighted by Crippen LogP contribution is 2.36. The van der Waals surface area contributed by atoms with E-state index in [1.54, 1.807) is 7.11 Å². The van der Waals surface area contributed by atoms with Crippen LogP contribution in [0.4, 0.5) is 0 Å². The lowest BCUT2D eigenvalue weighted by Crippen LogP contribution is -2.31. The van der Waals surface area contributed by atoms with Crippen molar-refractivity contribution >= 4 is 11.6 Å². The maximum Gasteiger partial charge on any atom is 0.125 e. The van der Waals surface area contributed by atoms with Crippen LogP contribution in [-0.2, 0) is 0 Å². The van der Waals surface area contributed by atoms with Crippen LogP contribution in [0.5, 0.6) is 5.75 Å². The molecule has 102 valence electrons. The van der Waals surface area contributed by atoms with Crippen LogP contribution in [0.3, 0.4) is 0 Å². The van der Waals surface area contributed by atoms with Gasteiger partial charge < -0.3 is 21.3 Å². The van der Waals surface area contributed by atoms with Crippen molar-refractivity contribution in [3.05, 3.63) is 27.8 Å². The molecule has 0 aliphatic rings. The lowest BCUT2D eigenvalue weighted by atomic mass is 9.94. The summed E-state index contributed by atoms with van der Waals surface area (Å²) in [7, 11) is 1.56. The van der Waals surface area contributed by atoms with E-state index in [0.717, 1.165) is 11.1 Å². The maximum absolute atomic E-state index is 10.3. The molecule has 2 atom stereocenters. The van der Waals surface area contributed by atoms with E-state index in [1.807, 2.05) is 19.9 Å². The minimum Gasteiger partial charge on any atom is -0.496 e. The summed E-state index contributed by atoms with van der Waals surface area (Å²) in [5.74, 6) is 0.606. The van der Waals surface area contributed by atoms with Gasteiger partial charge in [0.15, 0.2) is 0 Å². The van der Waals surface area contributed by atoms with Gasteiger partial charge in [0, 0.05) is 16.6 Å². The molecule has 0 radical (unpaired) electrons. The summed E-state index contributed by atoms with van der Waals surface area (Å²) in [5, 5.41) is 10.9. The Kier molecular flexibility index (Phi) is 5.41. The molecule has 0 amide bonds. The van der Waals surface area contributed by atoms with Crippen molar-refractivity contribution in [1.29, 1.82) is 0 Å². The van der Waals surface area contributed by atoms with Gasteiger partial charge in [0.25, 0.3) is 0 Å². The fourth-order valence-electron chi connectivity index (χ4n) is 2.04. The first-order chi connectivity index (χ1) is 8.43. The number of hydrogen-bond acceptors (Lipinski definition) is 4. The van der Waals surface area contributed by atoms with Gasteiger partial charge in [-0.15, -0.1) is 0 Å². The van der Waals surface area contributed by atoms with Gasteiger partial charge in [-0.2, -0.15) is 0 Å². The highest BCUT2D eigenvalue weighted by atomic mass is 35.5. The molecule has 2 unspecified atom stereocenters. The molecular formula is C13H21ClN2O2. The summed E-state index contributed by atoms with van der Waals surface area (Å²) in [5.41, 5.74) is 13.7. The number of halogens is 1. The molecule has 0 saturated carbocycles. The molecule has 5 N–H and O–H groups in total. The Morgan fingerprint density at radius 3 is 2.56 bits per heavy atom. The van der Waals surface area contributed by atoms with E-state index in [1.165, 1.54) is 0 Å². The van der Waals surface area contributed by atoms with Crippen molar-refractivity contribution in [2.45, 2.75) is 32.4 Å². The average molecular weight is 273 g/mol. The van der Waals surface area contributed by atoms with E-state index in [0.29, 0.717) is 29.3 Å². The molecule has 1 aromatic carbocycles. The minimum atomic E-state index is -0.832. The van der Waals surface area contributed by atoms with Crippen molar-refractivity contribution in [3.63, 3.8) is 0 Å². The Balaban J connectivity index is 3.25. The number of aliphatic hydroxyl groups is 1. The third-order valence-electron chi connectivity index (χ3n) is 3.11. The van der Waals surface area contributed by atoms with E-state index in [2.05, 4.69) is 0 Å². The van der Waals surface area contributed by atoms with Gasteiger partial charge >= 0.3 is 0 Å².